The Hall–Kier alpha value is -2.40. The number of carbonyl (C=O) groups excluding carboxylic acids is 1. The van der Waals surface area contributed by atoms with E-state index in [2.05, 4.69) is 30.8 Å². The molecule has 0 aliphatic rings. The summed E-state index contributed by atoms with van der Waals surface area (Å²) in [5.74, 6) is 0.909. The van der Waals surface area contributed by atoms with Crippen LogP contribution in [0.15, 0.2) is 71.5 Å². The number of imidazole rings is 1. The Labute approximate surface area is 149 Å². The minimum absolute atomic E-state index is 0.0450. The van der Waals surface area contributed by atoms with Gasteiger partial charge < -0.3 is 9.88 Å². The molecule has 2 aromatic carbocycles. The lowest BCUT2D eigenvalue weighted by atomic mass is 10.2. The molecule has 1 aromatic heterocycles. The smallest absolute Gasteiger partial charge is 0.251 e. The summed E-state index contributed by atoms with van der Waals surface area (Å²) in [6.45, 7) is 1.44. The Morgan fingerprint density at radius 2 is 1.83 bits per heavy atom. The Morgan fingerprint density at radius 1 is 1.08 bits per heavy atom. The van der Waals surface area contributed by atoms with Crippen LogP contribution in [0, 0.1) is 0 Å². The molecule has 0 spiro atoms. The molecule has 1 amide bonds. The van der Waals surface area contributed by atoms with Gasteiger partial charge in [0.2, 0.25) is 0 Å². The molecule has 0 fully saturated rings. The van der Waals surface area contributed by atoms with Crippen molar-refractivity contribution in [2.24, 2.45) is 0 Å². The molecule has 0 aliphatic heterocycles. The number of rotatable bonds is 6. The third kappa shape index (κ3) is 4.11. The van der Waals surface area contributed by atoms with E-state index in [0.717, 1.165) is 28.8 Å². The fraction of sp³-hybridized carbons (Fsp3) is 0.158. The maximum Gasteiger partial charge on any atom is 0.251 e. The van der Waals surface area contributed by atoms with Crippen molar-refractivity contribution in [2.75, 3.05) is 6.54 Å². The molecule has 1 N–H and O–H groups in total. The monoisotopic (exact) mass is 383 g/mol. The van der Waals surface area contributed by atoms with Crippen LogP contribution in [0.3, 0.4) is 0 Å². The van der Waals surface area contributed by atoms with Crippen LogP contribution in [-0.2, 0) is 6.54 Å². The van der Waals surface area contributed by atoms with E-state index in [0.29, 0.717) is 12.1 Å². The Morgan fingerprint density at radius 3 is 2.58 bits per heavy atom. The van der Waals surface area contributed by atoms with Crippen LogP contribution in [0.25, 0.3) is 11.4 Å². The summed E-state index contributed by atoms with van der Waals surface area (Å²) in [4.78, 5) is 16.5. The molecule has 0 saturated heterocycles. The van der Waals surface area contributed by atoms with Gasteiger partial charge in [-0.1, -0.05) is 46.3 Å². The lowest BCUT2D eigenvalue weighted by molar-refractivity contribution is 0.0952. The van der Waals surface area contributed by atoms with Crippen molar-refractivity contribution in [2.45, 2.75) is 13.0 Å². The number of hydrogen-bond acceptors (Lipinski definition) is 2. The normalized spacial score (nSPS) is 10.5. The summed E-state index contributed by atoms with van der Waals surface area (Å²) >= 11 is 3.37. The van der Waals surface area contributed by atoms with Gasteiger partial charge in [-0.15, -0.1) is 0 Å². The number of aromatic nitrogens is 2. The predicted molar refractivity (Wildman–Crippen MR) is 98.8 cm³/mol. The highest BCUT2D eigenvalue weighted by Gasteiger charge is 2.06. The quantitative estimate of drug-likeness (QED) is 0.650. The molecule has 24 heavy (non-hydrogen) atoms. The second kappa shape index (κ2) is 7.93. The van der Waals surface area contributed by atoms with Crippen LogP contribution in [0.4, 0.5) is 0 Å². The first-order chi connectivity index (χ1) is 11.7. The molecule has 0 radical (unpaired) electrons. The van der Waals surface area contributed by atoms with E-state index in [-0.39, 0.29) is 5.91 Å². The number of benzene rings is 2. The van der Waals surface area contributed by atoms with Crippen molar-refractivity contribution in [1.29, 1.82) is 0 Å². The molecule has 5 heteroatoms. The summed E-state index contributed by atoms with van der Waals surface area (Å²) in [5.41, 5.74) is 1.77. The highest BCUT2D eigenvalue weighted by molar-refractivity contribution is 9.10. The van der Waals surface area contributed by atoms with Crippen LogP contribution >= 0.6 is 15.9 Å². The first-order valence-electron chi connectivity index (χ1n) is 7.84. The molecule has 0 unspecified atom stereocenters. The predicted octanol–water partition coefficient (Wildman–Crippen LogP) is 4.13. The van der Waals surface area contributed by atoms with Gasteiger partial charge in [0.05, 0.1) is 0 Å². The van der Waals surface area contributed by atoms with Crippen LogP contribution in [-0.4, -0.2) is 22.0 Å². The first kappa shape index (κ1) is 16.5. The van der Waals surface area contributed by atoms with Crippen LogP contribution in [0.2, 0.25) is 0 Å². The van der Waals surface area contributed by atoms with E-state index >= 15 is 0 Å². The van der Waals surface area contributed by atoms with Crippen molar-refractivity contribution in [3.8, 4) is 11.4 Å². The number of amides is 1. The standard InChI is InChI=1S/C19H18BrN3O/c20-17-9-7-16(8-10-17)19(24)22-11-4-13-23-14-12-21-18(23)15-5-2-1-3-6-15/h1-3,5-10,12,14H,4,11,13H2,(H,22,24). The Bertz CT molecular complexity index is 797. The molecule has 0 atom stereocenters. The van der Waals surface area contributed by atoms with Gasteiger partial charge in [-0.25, -0.2) is 4.98 Å². The van der Waals surface area contributed by atoms with E-state index in [1.165, 1.54) is 0 Å². The van der Waals surface area contributed by atoms with Crippen molar-refractivity contribution in [1.82, 2.24) is 14.9 Å². The second-order valence-corrected chi connectivity index (χ2v) is 6.34. The number of halogens is 1. The summed E-state index contributed by atoms with van der Waals surface area (Å²) in [6.07, 6.45) is 4.63. The molecule has 0 bridgehead atoms. The lowest BCUT2D eigenvalue weighted by Gasteiger charge is -2.09. The van der Waals surface area contributed by atoms with Gasteiger partial charge in [0.1, 0.15) is 5.82 Å². The molecular weight excluding hydrogens is 366 g/mol. The molecule has 122 valence electrons. The molecule has 3 rings (SSSR count). The van der Waals surface area contributed by atoms with Gasteiger partial charge in [-0.2, -0.15) is 0 Å². The number of nitrogens with one attached hydrogen (secondary N) is 1. The van der Waals surface area contributed by atoms with Crippen LogP contribution < -0.4 is 5.32 Å². The average molecular weight is 384 g/mol. The molecule has 0 saturated carbocycles. The van der Waals surface area contributed by atoms with Crippen molar-refractivity contribution >= 4 is 21.8 Å². The molecule has 0 aliphatic carbocycles. The van der Waals surface area contributed by atoms with Crippen molar-refractivity contribution < 1.29 is 4.79 Å². The third-order valence-electron chi connectivity index (χ3n) is 3.72. The number of aryl methyl sites for hydroxylation is 1. The van der Waals surface area contributed by atoms with Gasteiger partial charge in [-0.05, 0) is 30.7 Å². The molecule has 4 nitrogen and oxygen atoms in total. The van der Waals surface area contributed by atoms with Crippen LogP contribution in [0.1, 0.15) is 16.8 Å². The number of carbonyl (C=O) groups is 1. The molecule has 3 aromatic rings. The number of hydrogen-bond donors (Lipinski definition) is 1. The minimum Gasteiger partial charge on any atom is -0.352 e. The zero-order valence-electron chi connectivity index (χ0n) is 13.2. The van der Waals surface area contributed by atoms with Crippen LogP contribution in [0.5, 0.6) is 0 Å². The fourth-order valence-corrected chi connectivity index (χ4v) is 2.76. The van der Waals surface area contributed by atoms with Gasteiger partial charge in [0, 0.05) is 41.1 Å². The summed E-state index contributed by atoms with van der Waals surface area (Å²) in [5, 5.41) is 2.95. The SMILES string of the molecule is O=C(NCCCn1ccnc1-c1ccccc1)c1ccc(Br)cc1. The van der Waals surface area contributed by atoms with E-state index in [4.69, 9.17) is 0 Å². The maximum atomic E-state index is 12.1. The van der Waals surface area contributed by atoms with Gasteiger partial charge in [-0.3, -0.25) is 4.79 Å². The van der Waals surface area contributed by atoms with Crippen molar-refractivity contribution in [3.63, 3.8) is 0 Å². The second-order valence-electron chi connectivity index (χ2n) is 5.43. The lowest BCUT2D eigenvalue weighted by Crippen LogP contribution is -2.25. The van der Waals surface area contributed by atoms with Crippen molar-refractivity contribution in [3.05, 3.63) is 77.0 Å². The Balaban J connectivity index is 1.52. The zero-order chi connectivity index (χ0) is 16.8. The summed E-state index contributed by atoms with van der Waals surface area (Å²) in [6, 6.07) is 17.5. The van der Waals surface area contributed by atoms with E-state index in [9.17, 15) is 4.79 Å². The van der Waals surface area contributed by atoms with E-state index < -0.39 is 0 Å². The van der Waals surface area contributed by atoms with Gasteiger partial charge in [0.25, 0.3) is 5.91 Å². The maximum absolute atomic E-state index is 12.1. The highest BCUT2D eigenvalue weighted by atomic mass is 79.9. The van der Waals surface area contributed by atoms with E-state index in [1.807, 2.05) is 67.0 Å². The van der Waals surface area contributed by atoms with E-state index in [1.54, 1.807) is 0 Å². The van der Waals surface area contributed by atoms with Gasteiger partial charge >= 0.3 is 0 Å². The first-order valence-corrected chi connectivity index (χ1v) is 8.63. The summed E-state index contributed by atoms with van der Waals surface area (Å²) < 4.78 is 3.08. The largest absolute Gasteiger partial charge is 0.352 e. The van der Waals surface area contributed by atoms with Gasteiger partial charge in [0.15, 0.2) is 0 Å². The molecule has 1 heterocycles. The number of nitrogens with zero attached hydrogens (tertiary/aromatic N) is 2. The Kier molecular flexibility index (Phi) is 5.43. The minimum atomic E-state index is -0.0450. The molecular formula is C19H18BrN3O. The fourth-order valence-electron chi connectivity index (χ4n) is 2.49. The average Bonchev–Trinajstić information content (AvgIpc) is 3.08. The third-order valence-corrected chi connectivity index (χ3v) is 4.24. The summed E-state index contributed by atoms with van der Waals surface area (Å²) in [7, 11) is 0. The zero-order valence-corrected chi connectivity index (χ0v) is 14.7. The highest BCUT2D eigenvalue weighted by Crippen LogP contribution is 2.16. The topological polar surface area (TPSA) is 46.9 Å².